The molecule has 1 saturated heterocycles. The molecule has 1 aliphatic rings. The summed E-state index contributed by atoms with van der Waals surface area (Å²) < 4.78 is 12.1. The van der Waals surface area contributed by atoms with Crippen molar-refractivity contribution in [3.63, 3.8) is 0 Å². The lowest BCUT2D eigenvalue weighted by molar-refractivity contribution is -0.148. The van der Waals surface area contributed by atoms with Gasteiger partial charge in [-0.15, -0.1) is 0 Å². The van der Waals surface area contributed by atoms with Crippen LogP contribution in [0.1, 0.15) is 38.1 Å². The lowest BCUT2D eigenvalue weighted by Gasteiger charge is -2.32. The normalized spacial score (nSPS) is 18.0. The first-order valence-electron chi connectivity index (χ1n) is 8.19. The molecule has 0 N–H and O–H groups in total. The molecule has 0 unspecified atom stereocenters. The Morgan fingerprint density at radius 1 is 0.880 bits per heavy atom. The zero-order valence-corrected chi connectivity index (χ0v) is 14.8. The van der Waals surface area contributed by atoms with Gasteiger partial charge < -0.3 is 9.31 Å². The van der Waals surface area contributed by atoms with E-state index in [1.54, 1.807) is 36.4 Å². The lowest BCUT2D eigenvalue weighted by Crippen LogP contribution is -2.41. The van der Waals surface area contributed by atoms with Crippen LogP contribution in [-0.2, 0) is 14.2 Å². The molecule has 0 amide bonds. The molecule has 0 radical (unpaired) electrons. The van der Waals surface area contributed by atoms with Gasteiger partial charge in [0.2, 0.25) is 0 Å². The van der Waals surface area contributed by atoms with Gasteiger partial charge in [-0.2, -0.15) is 0 Å². The van der Waals surface area contributed by atoms with Crippen LogP contribution in [-0.4, -0.2) is 24.3 Å². The highest BCUT2D eigenvalue weighted by Gasteiger charge is 2.52. The quantitative estimate of drug-likeness (QED) is 0.486. The molecule has 0 atom stereocenters. The second kappa shape index (κ2) is 6.54. The third-order valence-corrected chi connectivity index (χ3v) is 4.64. The topological polar surface area (TPSA) is 54.0 Å². The van der Waals surface area contributed by atoms with Crippen molar-refractivity contribution in [3.8, 4) is 5.75 Å². The van der Waals surface area contributed by atoms with E-state index in [1.165, 1.54) is 0 Å². The number of para-hydroxylation sites is 1. The summed E-state index contributed by atoms with van der Waals surface area (Å²) in [4.78, 5) is 22.3. The van der Waals surface area contributed by atoms with Gasteiger partial charge in [0, 0.05) is 5.46 Å². The van der Waals surface area contributed by atoms with Crippen molar-refractivity contribution in [1.29, 1.82) is 0 Å². The maximum atomic E-state index is 12.0. The molecule has 2 aromatic carbocycles. The average Bonchev–Trinajstić information content (AvgIpc) is 2.81. The number of hydrogen-bond donors (Lipinski definition) is 0. The van der Waals surface area contributed by atoms with Crippen molar-refractivity contribution in [2.24, 2.45) is 0 Å². The maximum absolute atomic E-state index is 12.0. The Bertz CT molecular complexity index is 741. The summed E-state index contributed by atoms with van der Waals surface area (Å²) in [6.07, 6.45) is 0. The predicted octanol–water partition coefficient (Wildman–Crippen LogP) is 3.14. The minimum absolute atomic E-state index is 0.380. The largest absolute Gasteiger partial charge is 0.498 e. The minimum atomic E-state index is -0.600. The molecule has 0 bridgehead atoms. The Kier molecular flexibility index (Phi) is 4.58. The molecule has 0 spiro atoms. The molecule has 1 aliphatic heterocycles. The molecular weight excluding hydrogens is 319 g/mol. The Morgan fingerprint density at radius 2 is 1.44 bits per heavy atom. The van der Waals surface area contributed by atoms with Gasteiger partial charge in [-0.25, -0.2) is 9.68 Å². The van der Waals surface area contributed by atoms with Crippen LogP contribution < -0.4 is 10.4 Å². The summed E-state index contributed by atoms with van der Waals surface area (Å²) in [5.74, 6) is -0.186. The van der Waals surface area contributed by atoms with E-state index in [1.807, 2.05) is 45.9 Å². The predicted molar refractivity (Wildman–Crippen MR) is 94.6 cm³/mol. The van der Waals surface area contributed by atoms with E-state index in [-0.39, 0.29) is 0 Å². The molecular formula is C19H21BO5. The molecule has 0 aromatic heterocycles. The monoisotopic (exact) mass is 340 g/mol. The highest BCUT2D eigenvalue weighted by molar-refractivity contribution is 6.63. The highest BCUT2D eigenvalue weighted by Crippen LogP contribution is 2.37. The standard InChI is InChI=1S/C19H21BO5/c1-18(2)19(3,4)25-20(24-18)15-12-8-9-13-16(15)22-23-17(21)14-10-6-5-7-11-14/h5-13H,1-4H3. The number of rotatable bonds is 4. The second-order valence-electron chi connectivity index (χ2n) is 6.95. The zero-order valence-electron chi connectivity index (χ0n) is 14.8. The molecule has 2 aromatic rings. The van der Waals surface area contributed by atoms with Crippen LogP contribution in [0.3, 0.4) is 0 Å². The van der Waals surface area contributed by atoms with Crippen LogP contribution in [0.15, 0.2) is 54.6 Å². The first-order chi connectivity index (χ1) is 11.8. The van der Waals surface area contributed by atoms with Crippen molar-refractivity contribution < 1.29 is 23.9 Å². The van der Waals surface area contributed by atoms with E-state index in [0.717, 1.165) is 0 Å². The molecule has 1 fully saturated rings. The Hall–Kier alpha value is -2.31. The van der Waals surface area contributed by atoms with Crippen LogP contribution >= 0.6 is 0 Å². The van der Waals surface area contributed by atoms with E-state index >= 15 is 0 Å². The summed E-state index contributed by atoms with van der Waals surface area (Å²) in [7, 11) is -0.600. The van der Waals surface area contributed by atoms with Crippen LogP contribution in [0.2, 0.25) is 0 Å². The molecule has 6 heteroatoms. The minimum Gasteiger partial charge on any atom is -0.399 e. The van der Waals surface area contributed by atoms with Crippen LogP contribution in [0, 0.1) is 0 Å². The Balaban J connectivity index is 1.75. The van der Waals surface area contributed by atoms with Crippen LogP contribution in [0.25, 0.3) is 0 Å². The van der Waals surface area contributed by atoms with Gasteiger partial charge in [0.15, 0.2) is 5.75 Å². The summed E-state index contributed by atoms with van der Waals surface area (Å²) >= 11 is 0. The van der Waals surface area contributed by atoms with Gasteiger partial charge in [0.05, 0.1) is 16.8 Å². The Labute approximate surface area is 147 Å². The maximum Gasteiger partial charge on any atom is 0.498 e. The summed E-state index contributed by atoms with van der Waals surface area (Å²) in [6, 6.07) is 15.8. The highest BCUT2D eigenvalue weighted by atomic mass is 17.2. The fourth-order valence-electron chi connectivity index (χ4n) is 2.43. The van der Waals surface area contributed by atoms with E-state index in [2.05, 4.69) is 0 Å². The average molecular weight is 340 g/mol. The fraction of sp³-hybridized carbons (Fsp3) is 0.316. The molecule has 0 saturated carbocycles. The van der Waals surface area contributed by atoms with Gasteiger partial charge in [0.25, 0.3) is 0 Å². The smallest absolute Gasteiger partial charge is 0.399 e. The third-order valence-electron chi connectivity index (χ3n) is 4.64. The first kappa shape index (κ1) is 17.5. The van der Waals surface area contributed by atoms with Crippen LogP contribution in [0.4, 0.5) is 0 Å². The molecule has 5 nitrogen and oxygen atoms in total. The number of hydrogen-bond acceptors (Lipinski definition) is 5. The zero-order chi connectivity index (χ0) is 18.1. The number of carbonyl (C=O) groups is 1. The van der Waals surface area contributed by atoms with Crippen molar-refractivity contribution in [3.05, 3.63) is 60.2 Å². The van der Waals surface area contributed by atoms with E-state index in [4.69, 9.17) is 19.1 Å². The van der Waals surface area contributed by atoms with Gasteiger partial charge in [-0.3, -0.25) is 4.89 Å². The van der Waals surface area contributed by atoms with Gasteiger partial charge in [0.1, 0.15) is 0 Å². The number of benzene rings is 2. The second-order valence-corrected chi connectivity index (χ2v) is 6.95. The van der Waals surface area contributed by atoms with E-state index < -0.39 is 24.3 Å². The Morgan fingerprint density at radius 3 is 2.08 bits per heavy atom. The summed E-state index contributed by atoms with van der Waals surface area (Å²) in [5.41, 5.74) is 0.148. The van der Waals surface area contributed by atoms with Crippen molar-refractivity contribution in [1.82, 2.24) is 0 Å². The summed E-state index contributed by atoms with van der Waals surface area (Å²) in [6.45, 7) is 7.91. The van der Waals surface area contributed by atoms with Gasteiger partial charge >= 0.3 is 13.1 Å². The lowest BCUT2D eigenvalue weighted by atomic mass is 9.78. The van der Waals surface area contributed by atoms with E-state index in [0.29, 0.717) is 16.8 Å². The van der Waals surface area contributed by atoms with Crippen LogP contribution in [0.5, 0.6) is 5.75 Å². The fourth-order valence-corrected chi connectivity index (χ4v) is 2.43. The van der Waals surface area contributed by atoms with Gasteiger partial charge in [-0.05, 0) is 45.9 Å². The third kappa shape index (κ3) is 3.55. The van der Waals surface area contributed by atoms with Crippen molar-refractivity contribution >= 4 is 18.6 Å². The molecule has 130 valence electrons. The molecule has 0 aliphatic carbocycles. The molecule has 3 rings (SSSR count). The number of carbonyl (C=O) groups excluding carboxylic acids is 1. The molecule has 25 heavy (non-hydrogen) atoms. The molecule has 1 heterocycles. The van der Waals surface area contributed by atoms with Crippen molar-refractivity contribution in [2.75, 3.05) is 0 Å². The van der Waals surface area contributed by atoms with Crippen molar-refractivity contribution in [2.45, 2.75) is 38.9 Å². The summed E-state index contributed by atoms with van der Waals surface area (Å²) in [5, 5.41) is 0. The van der Waals surface area contributed by atoms with Gasteiger partial charge in [-0.1, -0.05) is 36.4 Å². The van der Waals surface area contributed by atoms with E-state index in [9.17, 15) is 4.79 Å². The first-order valence-corrected chi connectivity index (χ1v) is 8.19. The SMILES string of the molecule is CC1(C)OB(c2ccccc2OOC(=O)c2ccccc2)OC1(C)C.